The van der Waals surface area contributed by atoms with Gasteiger partial charge in [0.15, 0.2) is 0 Å². The zero-order chi connectivity index (χ0) is 66.1. The van der Waals surface area contributed by atoms with Crippen LogP contribution < -0.4 is 0 Å². The van der Waals surface area contributed by atoms with Gasteiger partial charge in [0.05, 0.1) is 56.7 Å². The number of hydrogen-bond acceptors (Lipinski definition) is 4. The fourth-order valence-corrected chi connectivity index (χ4v) is 16.4. The van der Waals surface area contributed by atoms with Crippen molar-refractivity contribution in [3.05, 3.63) is 339 Å². The minimum Gasteiger partial charge on any atom is -0.309 e. The molecule has 100 heavy (non-hydrogen) atoms. The van der Waals surface area contributed by atoms with Gasteiger partial charge in [-0.15, -0.1) is 0 Å². The number of fused-ring (bicyclic) bond motifs is 10. The highest BCUT2D eigenvalue weighted by atomic mass is 15.0. The Morgan fingerprint density at radius 3 is 1.01 bits per heavy atom. The highest BCUT2D eigenvalue weighted by molar-refractivity contribution is 6.30. The predicted octanol–water partition coefficient (Wildman–Crippen LogP) is 24.5. The van der Waals surface area contributed by atoms with E-state index >= 15 is 0 Å². The number of nitrogens with zero attached hydrogens (tertiary/aromatic N) is 6. The second-order valence-corrected chi connectivity index (χ2v) is 26.0. The molecule has 6 nitrogen and oxygen atoms in total. The lowest BCUT2D eigenvalue weighted by atomic mass is 9.88. The van der Waals surface area contributed by atoms with E-state index in [2.05, 4.69) is 312 Å². The molecular formula is C94H54N6. The van der Waals surface area contributed by atoms with E-state index in [4.69, 9.17) is 9.97 Å². The molecule has 0 unspecified atom stereocenters. The van der Waals surface area contributed by atoms with E-state index in [0.717, 1.165) is 110 Å². The molecular weight excluding hydrogens is 1210 g/mol. The SMILES string of the molecule is N#Cc1ccc2c3c1ccc1c(-c4ccc(-c5cc6c7ccccc7c(-c7ccccc7)cc6c6ccccc56)cn4)ccc(c13)n2-c1ccccc1.N#Cc1ccc2c3c1ccc1c(-c4ccc(-c5cc6c7ccccc7ccc6c6ccccc56)cn4)ccc(c13)n2-c1ccccc1. The molecule has 4 heterocycles. The van der Waals surface area contributed by atoms with Crippen molar-refractivity contribution in [3.8, 4) is 79.4 Å². The molecule has 0 bridgehead atoms. The van der Waals surface area contributed by atoms with Crippen LogP contribution in [0.2, 0.25) is 0 Å². The average molecular weight is 1270 g/mol. The molecule has 0 N–H and O–H groups in total. The zero-order valence-corrected chi connectivity index (χ0v) is 53.9. The van der Waals surface area contributed by atoms with Gasteiger partial charge in [-0.25, -0.2) is 0 Å². The molecule has 0 aliphatic heterocycles. The van der Waals surface area contributed by atoms with Crippen LogP contribution in [-0.2, 0) is 0 Å². The highest BCUT2D eigenvalue weighted by Crippen LogP contribution is 2.48. The summed E-state index contributed by atoms with van der Waals surface area (Å²) in [5.41, 5.74) is 19.0. The lowest BCUT2D eigenvalue weighted by Gasteiger charge is -2.16. The largest absolute Gasteiger partial charge is 0.309 e. The second kappa shape index (κ2) is 22.4. The molecule has 0 spiro atoms. The van der Waals surface area contributed by atoms with Crippen LogP contribution in [0.3, 0.4) is 0 Å². The van der Waals surface area contributed by atoms with Gasteiger partial charge >= 0.3 is 0 Å². The van der Waals surface area contributed by atoms with Crippen LogP contribution in [0.1, 0.15) is 11.1 Å². The van der Waals surface area contributed by atoms with Crippen molar-refractivity contribution in [3.63, 3.8) is 0 Å². The standard InChI is InChI=1S/C50H29N3.C44H25N3/c51-29-32-20-25-47-49-35(32)21-22-41-40(23-26-48(50(41)49)53(47)34-13-5-2-6-14-34)46-24-19-33(30-52-46)43-28-45-38-17-9-7-15-36(38)42(31-11-3-1-4-12-31)27-44(45)39-18-10-8-16-37(39)43;45-25-28-16-22-41-43-32(28)18-19-37-36(20-23-42(44(37)43)47(41)30-9-2-1-3-10-30)40-21-15-29(26-46-40)38-24-39-31-11-5-4-8-27(31)14-17-35(39)33-12-6-7-13-34(33)38/h1-28,30H;1-24,26H. The lowest BCUT2D eigenvalue weighted by Crippen LogP contribution is -1.93. The van der Waals surface area contributed by atoms with Gasteiger partial charge in [-0.05, 0) is 189 Å². The third kappa shape index (κ3) is 8.55. The molecule has 21 rings (SSSR count). The number of aromatic nitrogens is 4. The van der Waals surface area contributed by atoms with E-state index in [9.17, 15) is 10.5 Å². The summed E-state index contributed by atoms with van der Waals surface area (Å²) in [4.78, 5) is 10.2. The summed E-state index contributed by atoms with van der Waals surface area (Å²) in [5.74, 6) is 0. The Hall–Kier alpha value is -13.8. The summed E-state index contributed by atoms with van der Waals surface area (Å²) in [6.45, 7) is 0. The molecule has 21 aromatic rings. The Morgan fingerprint density at radius 1 is 0.230 bits per heavy atom. The summed E-state index contributed by atoms with van der Waals surface area (Å²) in [7, 11) is 0. The van der Waals surface area contributed by atoms with Crippen LogP contribution >= 0.6 is 0 Å². The van der Waals surface area contributed by atoms with Gasteiger partial charge in [-0.2, -0.15) is 10.5 Å². The molecule has 4 aromatic heterocycles. The first-order valence-electron chi connectivity index (χ1n) is 33.8. The van der Waals surface area contributed by atoms with Crippen molar-refractivity contribution < 1.29 is 0 Å². The molecule has 0 amide bonds. The van der Waals surface area contributed by atoms with E-state index in [-0.39, 0.29) is 0 Å². The molecule has 0 radical (unpaired) electrons. The number of benzene rings is 17. The molecule has 17 aromatic carbocycles. The molecule has 0 atom stereocenters. The van der Waals surface area contributed by atoms with Crippen LogP contribution in [-0.4, -0.2) is 19.1 Å². The number of hydrogen-bond donors (Lipinski definition) is 0. The van der Waals surface area contributed by atoms with Crippen LogP contribution in [0, 0.1) is 22.7 Å². The maximum atomic E-state index is 10.0. The topological polar surface area (TPSA) is 83.2 Å². The Balaban J connectivity index is 0.000000136. The van der Waals surface area contributed by atoms with Crippen LogP contribution in [0.15, 0.2) is 328 Å². The maximum Gasteiger partial charge on any atom is 0.0998 e. The van der Waals surface area contributed by atoms with Gasteiger partial charge in [0.1, 0.15) is 0 Å². The highest BCUT2D eigenvalue weighted by Gasteiger charge is 2.24. The number of para-hydroxylation sites is 2. The fraction of sp³-hybridized carbons (Fsp3) is 0. The van der Waals surface area contributed by atoms with Crippen LogP contribution in [0.25, 0.3) is 197 Å². The normalized spacial score (nSPS) is 11.8. The molecule has 0 saturated heterocycles. The summed E-state index contributed by atoms with van der Waals surface area (Å²) in [6, 6.07) is 117. The zero-order valence-electron chi connectivity index (χ0n) is 53.9. The van der Waals surface area contributed by atoms with Gasteiger partial charge in [0, 0.05) is 78.3 Å². The van der Waals surface area contributed by atoms with Gasteiger partial charge in [-0.1, -0.05) is 224 Å². The molecule has 460 valence electrons. The van der Waals surface area contributed by atoms with E-state index in [0.29, 0.717) is 11.1 Å². The van der Waals surface area contributed by atoms with Gasteiger partial charge in [-0.3, -0.25) is 9.97 Å². The van der Waals surface area contributed by atoms with Crippen molar-refractivity contribution in [1.82, 2.24) is 19.1 Å². The van der Waals surface area contributed by atoms with E-state index in [1.54, 1.807) is 0 Å². The van der Waals surface area contributed by atoms with E-state index in [1.807, 2.05) is 36.7 Å². The Labute approximate surface area is 574 Å². The third-order valence-corrected chi connectivity index (χ3v) is 20.9. The predicted molar refractivity (Wildman–Crippen MR) is 416 cm³/mol. The average Bonchev–Trinajstić information content (AvgIpc) is 1.52. The molecule has 0 fully saturated rings. The molecule has 0 aliphatic rings. The van der Waals surface area contributed by atoms with Gasteiger partial charge < -0.3 is 9.13 Å². The minimum atomic E-state index is 0.686. The summed E-state index contributed by atoms with van der Waals surface area (Å²) in [5, 5.41) is 43.6. The lowest BCUT2D eigenvalue weighted by molar-refractivity contribution is 1.18. The van der Waals surface area contributed by atoms with Crippen molar-refractivity contribution in [2.24, 2.45) is 0 Å². The van der Waals surface area contributed by atoms with Gasteiger partial charge in [0.25, 0.3) is 0 Å². The molecule has 0 saturated carbocycles. The van der Waals surface area contributed by atoms with Crippen molar-refractivity contribution >= 4 is 130 Å². The Morgan fingerprint density at radius 2 is 0.570 bits per heavy atom. The van der Waals surface area contributed by atoms with Crippen LogP contribution in [0.4, 0.5) is 0 Å². The van der Waals surface area contributed by atoms with E-state index < -0.39 is 0 Å². The monoisotopic (exact) mass is 1270 g/mol. The summed E-state index contributed by atoms with van der Waals surface area (Å²) < 4.78 is 4.62. The second-order valence-electron chi connectivity index (χ2n) is 26.0. The summed E-state index contributed by atoms with van der Waals surface area (Å²) >= 11 is 0. The van der Waals surface area contributed by atoms with Gasteiger partial charge in [0.2, 0.25) is 0 Å². The maximum absolute atomic E-state index is 10.0. The quantitative estimate of drug-likeness (QED) is 0.149. The fourth-order valence-electron chi connectivity index (χ4n) is 16.4. The Bertz CT molecular complexity index is 7000. The molecule has 0 aliphatic carbocycles. The van der Waals surface area contributed by atoms with Crippen molar-refractivity contribution in [1.29, 1.82) is 10.5 Å². The molecule has 6 heteroatoms. The van der Waals surface area contributed by atoms with Crippen molar-refractivity contribution in [2.45, 2.75) is 0 Å². The van der Waals surface area contributed by atoms with Crippen LogP contribution in [0.5, 0.6) is 0 Å². The first-order chi connectivity index (χ1) is 49.5. The number of pyridine rings is 2. The summed E-state index contributed by atoms with van der Waals surface area (Å²) in [6.07, 6.45) is 4.05. The number of nitriles is 2. The number of rotatable bonds is 7. The smallest absolute Gasteiger partial charge is 0.0998 e. The van der Waals surface area contributed by atoms with E-state index in [1.165, 1.54) is 86.9 Å². The van der Waals surface area contributed by atoms with Crippen molar-refractivity contribution in [2.75, 3.05) is 0 Å². The third-order valence-electron chi connectivity index (χ3n) is 20.9. The first kappa shape index (κ1) is 56.6. The first-order valence-corrected chi connectivity index (χ1v) is 33.8. The Kier molecular flexibility index (Phi) is 12.7. The minimum absolute atomic E-state index is 0.686.